The molecule has 8 heteroatoms. The lowest BCUT2D eigenvalue weighted by molar-refractivity contribution is -0.137. The number of aromatic nitrogens is 2. The molecule has 1 heterocycles. The summed E-state index contributed by atoms with van der Waals surface area (Å²) in [5.41, 5.74) is -0.778. The van der Waals surface area contributed by atoms with E-state index in [1.807, 2.05) is 0 Å². The van der Waals surface area contributed by atoms with Crippen molar-refractivity contribution in [3.63, 3.8) is 0 Å². The van der Waals surface area contributed by atoms with Crippen LogP contribution >= 0.6 is 15.9 Å². The summed E-state index contributed by atoms with van der Waals surface area (Å²) < 4.78 is 43.7. The molecule has 102 valence electrons. The lowest BCUT2D eigenvalue weighted by Crippen LogP contribution is -2.11. The molecule has 4 nitrogen and oxygen atoms in total. The van der Waals surface area contributed by atoms with E-state index < -0.39 is 11.7 Å². The zero-order chi connectivity index (χ0) is 14.0. The van der Waals surface area contributed by atoms with Crippen molar-refractivity contribution in [3.8, 4) is 0 Å². The van der Waals surface area contributed by atoms with Crippen LogP contribution in [-0.2, 0) is 12.7 Å². The van der Waals surface area contributed by atoms with E-state index in [4.69, 9.17) is 4.52 Å². The quantitative estimate of drug-likeness (QED) is 0.927. The average Bonchev–Trinajstić information content (AvgIpc) is 2.71. The number of benzene rings is 1. The average molecular weight is 336 g/mol. The molecule has 0 spiro atoms. The summed E-state index contributed by atoms with van der Waals surface area (Å²) in [7, 11) is 0. The summed E-state index contributed by atoms with van der Waals surface area (Å²) in [6, 6.07) is 3.70. The number of hydrogen-bond donors (Lipinski definition) is 1. The van der Waals surface area contributed by atoms with Crippen LogP contribution in [0.2, 0.25) is 0 Å². The summed E-state index contributed by atoms with van der Waals surface area (Å²) in [4.78, 5) is 3.91. The number of nitrogens with one attached hydrogen (secondary N) is 1. The third-order valence-electron chi connectivity index (χ3n) is 2.29. The van der Waals surface area contributed by atoms with E-state index in [-0.39, 0.29) is 12.2 Å². The Kier molecular flexibility index (Phi) is 3.79. The lowest BCUT2D eigenvalue weighted by atomic mass is 10.1. The summed E-state index contributed by atoms with van der Waals surface area (Å²) >= 11 is 3.14. The van der Waals surface area contributed by atoms with Gasteiger partial charge in [0.25, 0.3) is 0 Å². The minimum absolute atomic E-state index is 0.0377. The second kappa shape index (κ2) is 5.20. The van der Waals surface area contributed by atoms with Gasteiger partial charge in [0.15, 0.2) is 5.82 Å². The Hall–Kier alpha value is -1.57. The number of aryl methyl sites for hydroxylation is 1. The van der Waals surface area contributed by atoms with Crippen LogP contribution < -0.4 is 5.32 Å². The Labute approximate surface area is 115 Å². The van der Waals surface area contributed by atoms with Crippen LogP contribution in [0.4, 0.5) is 18.9 Å². The SMILES string of the molecule is Cc1nc(CNc2cc(Br)ccc2C(F)(F)F)no1. The highest BCUT2D eigenvalue weighted by atomic mass is 79.9. The molecule has 1 aromatic carbocycles. The molecular weight excluding hydrogens is 327 g/mol. The number of anilines is 1. The van der Waals surface area contributed by atoms with E-state index in [2.05, 4.69) is 31.4 Å². The van der Waals surface area contributed by atoms with Gasteiger partial charge in [-0.25, -0.2) is 0 Å². The summed E-state index contributed by atoms with van der Waals surface area (Å²) in [5.74, 6) is 0.660. The van der Waals surface area contributed by atoms with E-state index in [1.54, 1.807) is 6.92 Å². The fourth-order valence-electron chi connectivity index (χ4n) is 1.50. The molecule has 2 rings (SSSR count). The minimum Gasteiger partial charge on any atom is -0.377 e. The third-order valence-corrected chi connectivity index (χ3v) is 2.79. The van der Waals surface area contributed by atoms with E-state index in [1.165, 1.54) is 12.1 Å². The maximum atomic E-state index is 12.8. The maximum absolute atomic E-state index is 12.8. The zero-order valence-corrected chi connectivity index (χ0v) is 11.3. The van der Waals surface area contributed by atoms with E-state index in [0.29, 0.717) is 16.2 Å². The molecular formula is C11H9BrF3N3O. The van der Waals surface area contributed by atoms with Crippen molar-refractivity contribution in [2.75, 3.05) is 5.32 Å². The number of halogens is 4. The molecule has 0 saturated carbocycles. The van der Waals surface area contributed by atoms with Gasteiger partial charge in [-0.05, 0) is 18.2 Å². The first-order chi connectivity index (χ1) is 8.86. The second-order valence-corrected chi connectivity index (χ2v) is 4.69. The largest absolute Gasteiger partial charge is 0.418 e. The van der Waals surface area contributed by atoms with Gasteiger partial charge in [0.1, 0.15) is 0 Å². The Balaban J connectivity index is 2.21. The molecule has 0 saturated heterocycles. The van der Waals surface area contributed by atoms with Gasteiger partial charge in [-0.1, -0.05) is 21.1 Å². The number of hydrogen-bond acceptors (Lipinski definition) is 4. The lowest BCUT2D eigenvalue weighted by Gasteiger charge is -2.14. The molecule has 19 heavy (non-hydrogen) atoms. The van der Waals surface area contributed by atoms with Gasteiger partial charge in [0.2, 0.25) is 5.89 Å². The standard InChI is InChI=1S/C11H9BrF3N3O/c1-6-17-10(18-19-6)5-16-9-4-7(12)2-3-8(9)11(13,14)15/h2-4,16H,5H2,1H3. The molecule has 0 amide bonds. The zero-order valence-electron chi connectivity index (χ0n) is 9.75. The van der Waals surface area contributed by atoms with Crippen LogP contribution in [0.15, 0.2) is 27.2 Å². The molecule has 0 aliphatic heterocycles. The van der Waals surface area contributed by atoms with Gasteiger partial charge in [-0.2, -0.15) is 18.2 Å². The van der Waals surface area contributed by atoms with Crippen molar-refractivity contribution in [2.24, 2.45) is 0 Å². The summed E-state index contributed by atoms with van der Waals surface area (Å²) in [5, 5.41) is 6.26. The van der Waals surface area contributed by atoms with Crippen LogP contribution in [0.1, 0.15) is 17.3 Å². The van der Waals surface area contributed by atoms with Gasteiger partial charge in [0.05, 0.1) is 12.1 Å². The van der Waals surface area contributed by atoms with Gasteiger partial charge >= 0.3 is 6.18 Å². The summed E-state index contributed by atoms with van der Waals surface area (Å²) in [6.07, 6.45) is -4.42. The first-order valence-corrected chi connectivity index (χ1v) is 6.05. The molecule has 0 radical (unpaired) electrons. The van der Waals surface area contributed by atoms with Crippen molar-refractivity contribution in [3.05, 3.63) is 40.0 Å². The van der Waals surface area contributed by atoms with Crippen LogP contribution in [0.5, 0.6) is 0 Å². The Morgan fingerprint density at radius 3 is 2.68 bits per heavy atom. The Morgan fingerprint density at radius 1 is 1.37 bits per heavy atom. The van der Waals surface area contributed by atoms with Gasteiger partial charge in [-0.3, -0.25) is 0 Å². The number of alkyl halides is 3. The number of rotatable bonds is 3. The highest BCUT2D eigenvalue weighted by Gasteiger charge is 2.33. The minimum atomic E-state index is -4.42. The molecule has 0 aliphatic carbocycles. The van der Waals surface area contributed by atoms with E-state index >= 15 is 0 Å². The van der Waals surface area contributed by atoms with Gasteiger partial charge < -0.3 is 9.84 Å². The highest BCUT2D eigenvalue weighted by molar-refractivity contribution is 9.10. The van der Waals surface area contributed by atoms with Crippen LogP contribution in [0, 0.1) is 6.92 Å². The van der Waals surface area contributed by atoms with Crippen molar-refractivity contribution in [2.45, 2.75) is 19.6 Å². The first kappa shape index (κ1) is 13.9. The topological polar surface area (TPSA) is 51.0 Å². The fourth-order valence-corrected chi connectivity index (χ4v) is 1.86. The highest BCUT2D eigenvalue weighted by Crippen LogP contribution is 2.36. The van der Waals surface area contributed by atoms with E-state index in [0.717, 1.165) is 6.07 Å². The monoisotopic (exact) mass is 335 g/mol. The van der Waals surface area contributed by atoms with Crippen LogP contribution in [-0.4, -0.2) is 10.1 Å². The van der Waals surface area contributed by atoms with Crippen molar-refractivity contribution < 1.29 is 17.7 Å². The maximum Gasteiger partial charge on any atom is 0.418 e. The van der Waals surface area contributed by atoms with Crippen LogP contribution in [0.25, 0.3) is 0 Å². The Bertz CT molecular complexity index is 583. The molecule has 0 aliphatic rings. The van der Waals surface area contributed by atoms with Gasteiger partial charge in [0, 0.05) is 17.1 Å². The third kappa shape index (κ3) is 3.46. The summed E-state index contributed by atoms with van der Waals surface area (Å²) in [6.45, 7) is 1.66. The van der Waals surface area contributed by atoms with E-state index in [9.17, 15) is 13.2 Å². The smallest absolute Gasteiger partial charge is 0.377 e. The van der Waals surface area contributed by atoms with Crippen LogP contribution in [0.3, 0.4) is 0 Å². The second-order valence-electron chi connectivity index (χ2n) is 3.77. The van der Waals surface area contributed by atoms with Gasteiger partial charge in [-0.15, -0.1) is 0 Å². The molecule has 1 N–H and O–H groups in total. The molecule has 1 aromatic heterocycles. The van der Waals surface area contributed by atoms with Crippen molar-refractivity contribution >= 4 is 21.6 Å². The van der Waals surface area contributed by atoms with Crippen molar-refractivity contribution in [1.82, 2.24) is 10.1 Å². The molecule has 0 unspecified atom stereocenters. The molecule has 0 fully saturated rings. The molecule has 0 bridgehead atoms. The Morgan fingerprint density at radius 2 is 2.11 bits per heavy atom. The molecule has 0 atom stereocenters. The molecule has 2 aromatic rings. The predicted octanol–water partition coefficient (Wildman–Crippen LogP) is 3.77. The normalized spacial score (nSPS) is 11.6. The predicted molar refractivity (Wildman–Crippen MR) is 65.5 cm³/mol. The fraction of sp³-hybridized carbons (Fsp3) is 0.273. The first-order valence-electron chi connectivity index (χ1n) is 5.26. The van der Waals surface area contributed by atoms with Crippen molar-refractivity contribution in [1.29, 1.82) is 0 Å². The number of nitrogens with zero attached hydrogens (tertiary/aromatic N) is 2.